The van der Waals surface area contributed by atoms with Crippen LogP contribution < -0.4 is 0 Å². The predicted molar refractivity (Wildman–Crippen MR) is 353 cm³/mol. The van der Waals surface area contributed by atoms with Gasteiger partial charge in [-0.3, -0.25) is 14.4 Å². The zero-order valence-electron chi connectivity index (χ0n) is 55.1. The van der Waals surface area contributed by atoms with Crippen LogP contribution in [0, 0.1) is 0 Å². The van der Waals surface area contributed by atoms with Gasteiger partial charge in [0, 0.05) is 19.3 Å². The molecule has 0 saturated heterocycles. The van der Waals surface area contributed by atoms with Crippen molar-refractivity contribution < 1.29 is 28.6 Å². The van der Waals surface area contributed by atoms with Gasteiger partial charge in [0.05, 0.1) is 0 Å². The number of unbranched alkanes of at least 4 members (excludes halogenated alkanes) is 54. The number of hydrogen-bond acceptors (Lipinski definition) is 6. The molecule has 6 nitrogen and oxygen atoms in total. The molecule has 0 amide bonds. The molecule has 0 aromatic rings. The lowest BCUT2D eigenvalue weighted by atomic mass is 10.0. The van der Waals surface area contributed by atoms with Crippen LogP contribution >= 0.6 is 0 Å². The number of carbonyl (C=O) groups excluding carboxylic acids is 3. The van der Waals surface area contributed by atoms with Crippen molar-refractivity contribution in [2.24, 2.45) is 0 Å². The first kappa shape index (κ1) is 78.9. The van der Waals surface area contributed by atoms with Gasteiger partial charge in [-0.1, -0.05) is 379 Å². The Bertz CT molecular complexity index is 1310. The van der Waals surface area contributed by atoms with Crippen LogP contribution in [0.15, 0.2) is 24.3 Å². The molecule has 1 unspecified atom stereocenters. The van der Waals surface area contributed by atoms with Crippen molar-refractivity contribution in [1.82, 2.24) is 0 Å². The van der Waals surface area contributed by atoms with Gasteiger partial charge in [-0.15, -0.1) is 0 Å². The van der Waals surface area contributed by atoms with E-state index in [4.69, 9.17) is 14.2 Å². The van der Waals surface area contributed by atoms with E-state index in [1.54, 1.807) is 0 Å². The van der Waals surface area contributed by atoms with Gasteiger partial charge in [-0.25, -0.2) is 0 Å². The predicted octanol–water partition coefficient (Wildman–Crippen LogP) is 25.3. The van der Waals surface area contributed by atoms with Gasteiger partial charge in [0.15, 0.2) is 6.10 Å². The highest BCUT2D eigenvalue weighted by Gasteiger charge is 2.20. The molecular formula is C75H142O6. The van der Waals surface area contributed by atoms with Gasteiger partial charge in [0.1, 0.15) is 13.2 Å². The molecule has 1 atom stereocenters. The number of carbonyl (C=O) groups is 3. The SMILES string of the molecule is CCC/C=C\C/C=C\CCCCCCCC(=O)OCC(COC(=O)CCCCCCCCCCCCCCCCCCCCCCCCCCCCCCCCC)OC(=O)CCCCCCCCCCCCCCCCCCCCC. The molecule has 0 aliphatic rings. The molecule has 0 spiro atoms. The maximum Gasteiger partial charge on any atom is 0.306 e. The van der Waals surface area contributed by atoms with Crippen molar-refractivity contribution >= 4 is 17.9 Å². The molecule has 0 rings (SSSR count). The van der Waals surface area contributed by atoms with Crippen LogP contribution in [-0.2, 0) is 28.6 Å². The molecule has 0 saturated carbocycles. The summed E-state index contributed by atoms with van der Waals surface area (Å²) in [7, 11) is 0. The van der Waals surface area contributed by atoms with Crippen LogP contribution in [0.2, 0.25) is 0 Å². The maximum absolute atomic E-state index is 12.9. The molecule has 478 valence electrons. The maximum atomic E-state index is 12.9. The molecule has 0 fully saturated rings. The van der Waals surface area contributed by atoms with E-state index in [0.29, 0.717) is 19.3 Å². The molecule has 81 heavy (non-hydrogen) atoms. The summed E-state index contributed by atoms with van der Waals surface area (Å²) in [5, 5.41) is 0. The van der Waals surface area contributed by atoms with E-state index in [9.17, 15) is 14.4 Å². The summed E-state index contributed by atoms with van der Waals surface area (Å²) >= 11 is 0. The van der Waals surface area contributed by atoms with Crippen molar-refractivity contribution in [3.05, 3.63) is 24.3 Å². The zero-order chi connectivity index (χ0) is 58.5. The van der Waals surface area contributed by atoms with Crippen molar-refractivity contribution in [3.63, 3.8) is 0 Å². The summed E-state index contributed by atoms with van der Waals surface area (Å²) in [6.07, 6.45) is 86.6. The van der Waals surface area contributed by atoms with Crippen LogP contribution in [0.3, 0.4) is 0 Å². The molecule has 0 radical (unpaired) electrons. The summed E-state index contributed by atoms with van der Waals surface area (Å²) in [4.78, 5) is 38.4. The molecular weight excluding hydrogens is 997 g/mol. The second kappa shape index (κ2) is 70.4. The summed E-state index contributed by atoms with van der Waals surface area (Å²) in [6.45, 7) is 6.65. The van der Waals surface area contributed by atoms with Crippen LogP contribution in [0.5, 0.6) is 0 Å². The summed E-state index contributed by atoms with van der Waals surface area (Å²) in [5.41, 5.74) is 0. The fourth-order valence-electron chi connectivity index (χ4n) is 11.4. The molecule has 0 heterocycles. The largest absolute Gasteiger partial charge is 0.462 e. The van der Waals surface area contributed by atoms with Crippen LogP contribution in [0.1, 0.15) is 419 Å². The second-order valence-corrected chi connectivity index (χ2v) is 25.2. The summed E-state index contributed by atoms with van der Waals surface area (Å²) in [6, 6.07) is 0. The van der Waals surface area contributed by atoms with Crippen molar-refractivity contribution in [3.8, 4) is 0 Å². The third kappa shape index (κ3) is 68.6. The summed E-state index contributed by atoms with van der Waals surface area (Å²) in [5.74, 6) is -0.851. The van der Waals surface area contributed by atoms with Crippen molar-refractivity contribution in [2.75, 3.05) is 13.2 Å². The van der Waals surface area contributed by atoms with E-state index >= 15 is 0 Å². The highest BCUT2D eigenvalue weighted by Crippen LogP contribution is 2.19. The standard InChI is InChI=1S/C75H142O6/c1-4-7-10-13-16-19-22-25-27-29-31-32-33-34-35-36-37-38-39-40-41-42-44-45-47-50-53-56-59-62-65-68-74(77)80-71-72(70-79-73(76)67-64-61-58-55-52-49-24-21-18-15-12-9-6-3)81-75(78)69-66-63-60-57-54-51-48-46-43-30-28-26-23-20-17-14-11-8-5-2/h12,15,21,24,72H,4-11,13-14,16-20,22-23,25-71H2,1-3H3/b15-12-,24-21-. The third-order valence-electron chi connectivity index (χ3n) is 16.9. The van der Waals surface area contributed by atoms with E-state index in [0.717, 1.165) is 83.5 Å². The van der Waals surface area contributed by atoms with Crippen molar-refractivity contribution in [2.45, 2.75) is 425 Å². The average Bonchev–Trinajstić information content (AvgIpc) is 3.46. The highest BCUT2D eigenvalue weighted by atomic mass is 16.6. The number of ether oxygens (including phenoxy) is 3. The Morgan fingerprint density at radius 3 is 0.728 bits per heavy atom. The minimum absolute atomic E-state index is 0.0693. The molecule has 0 aromatic carbocycles. The highest BCUT2D eigenvalue weighted by molar-refractivity contribution is 5.71. The van der Waals surface area contributed by atoms with Crippen LogP contribution in [0.25, 0.3) is 0 Å². The zero-order valence-corrected chi connectivity index (χ0v) is 55.1. The number of rotatable bonds is 69. The Labute approximate surface area is 506 Å². The van der Waals surface area contributed by atoms with E-state index in [1.807, 2.05) is 0 Å². The van der Waals surface area contributed by atoms with Crippen molar-refractivity contribution in [1.29, 1.82) is 0 Å². The van der Waals surface area contributed by atoms with Gasteiger partial charge in [0.2, 0.25) is 0 Å². The summed E-state index contributed by atoms with van der Waals surface area (Å²) < 4.78 is 17.0. The smallest absolute Gasteiger partial charge is 0.306 e. The Hall–Kier alpha value is -2.11. The first-order valence-electron chi connectivity index (χ1n) is 36.8. The Morgan fingerprint density at radius 1 is 0.247 bits per heavy atom. The number of hydrogen-bond donors (Lipinski definition) is 0. The first-order chi connectivity index (χ1) is 40.0. The Morgan fingerprint density at radius 2 is 0.469 bits per heavy atom. The molecule has 0 aromatic heterocycles. The Kier molecular flexibility index (Phi) is 68.5. The van der Waals surface area contributed by atoms with Gasteiger partial charge in [-0.05, 0) is 44.9 Å². The number of esters is 3. The monoisotopic (exact) mass is 1140 g/mol. The number of allylic oxidation sites excluding steroid dienone is 4. The fourth-order valence-corrected chi connectivity index (χ4v) is 11.4. The quantitative estimate of drug-likeness (QED) is 0.0261. The first-order valence-corrected chi connectivity index (χ1v) is 36.8. The second-order valence-electron chi connectivity index (χ2n) is 25.2. The average molecular weight is 1140 g/mol. The topological polar surface area (TPSA) is 78.9 Å². The molecule has 0 N–H and O–H groups in total. The van der Waals surface area contributed by atoms with E-state index in [2.05, 4.69) is 45.1 Å². The van der Waals surface area contributed by atoms with Gasteiger partial charge in [-0.2, -0.15) is 0 Å². The minimum atomic E-state index is -0.774. The lowest BCUT2D eigenvalue weighted by molar-refractivity contribution is -0.167. The Balaban J connectivity index is 4.12. The normalized spacial score (nSPS) is 12.1. The van der Waals surface area contributed by atoms with E-state index in [1.165, 1.54) is 295 Å². The van der Waals surface area contributed by atoms with Gasteiger partial charge in [0.25, 0.3) is 0 Å². The molecule has 6 heteroatoms. The van der Waals surface area contributed by atoms with Gasteiger partial charge < -0.3 is 14.2 Å². The van der Waals surface area contributed by atoms with E-state index < -0.39 is 6.10 Å². The van der Waals surface area contributed by atoms with E-state index in [-0.39, 0.29) is 31.1 Å². The lowest BCUT2D eigenvalue weighted by Gasteiger charge is -2.18. The van der Waals surface area contributed by atoms with Gasteiger partial charge >= 0.3 is 17.9 Å². The molecule has 0 aliphatic carbocycles. The lowest BCUT2D eigenvalue weighted by Crippen LogP contribution is -2.30. The third-order valence-corrected chi connectivity index (χ3v) is 16.9. The fraction of sp³-hybridized carbons (Fsp3) is 0.907. The van der Waals surface area contributed by atoms with Crippen LogP contribution in [0.4, 0.5) is 0 Å². The molecule has 0 bridgehead atoms. The molecule has 0 aliphatic heterocycles. The van der Waals surface area contributed by atoms with Crippen LogP contribution in [-0.4, -0.2) is 37.2 Å². The minimum Gasteiger partial charge on any atom is -0.462 e.